The van der Waals surface area contributed by atoms with Crippen LogP contribution in [0.2, 0.25) is 0 Å². The molecule has 0 saturated heterocycles. The number of amides is 1. The zero-order valence-electron chi connectivity index (χ0n) is 22.0. The lowest BCUT2D eigenvalue weighted by molar-refractivity contribution is -0.141. The molecule has 38 heavy (non-hydrogen) atoms. The molecule has 0 saturated carbocycles. The third-order valence-corrected chi connectivity index (χ3v) is 6.57. The monoisotopic (exact) mass is 509 g/mol. The number of methoxy groups -OCH3 is 1. The lowest BCUT2D eigenvalue weighted by Gasteiger charge is -2.25. The topological polar surface area (TPSA) is 90.3 Å². The molecule has 7 heteroatoms. The van der Waals surface area contributed by atoms with Gasteiger partial charge in [-0.25, -0.2) is 0 Å². The van der Waals surface area contributed by atoms with Crippen molar-refractivity contribution in [1.82, 2.24) is 14.9 Å². The smallest absolute Gasteiger partial charge is 0.307 e. The van der Waals surface area contributed by atoms with Crippen molar-refractivity contribution in [3.63, 3.8) is 0 Å². The van der Waals surface area contributed by atoms with Crippen LogP contribution < -0.4 is 10.9 Å². The molecule has 0 radical (unpaired) electrons. The Morgan fingerprint density at radius 3 is 2.32 bits per heavy atom. The molecule has 2 heterocycles. The summed E-state index contributed by atoms with van der Waals surface area (Å²) >= 11 is 0. The van der Waals surface area contributed by atoms with Crippen molar-refractivity contribution in [3.05, 3.63) is 123 Å². The van der Waals surface area contributed by atoms with E-state index in [2.05, 4.69) is 10.3 Å². The number of hydrogen-bond donors (Lipinski definition) is 1. The van der Waals surface area contributed by atoms with Gasteiger partial charge in [-0.05, 0) is 60.2 Å². The summed E-state index contributed by atoms with van der Waals surface area (Å²) in [5.74, 6) is -0.896. The SMILES string of the molecule is COC(=O)CC(NC(=O)C(c1ccccc1)n1cc(C)ccc1=O)c1cncc(-c2c(C)cccc2C)c1. The number of rotatable bonds is 8. The van der Waals surface area contributed by atoms with Crippen molar-refractivity contribution in [3.8, 4) is 11.1 Å². The van der Waals surface area contributed by atoms with Crippen LogP contribution in [-0.2, 0) is 14.3 Å². The highest BCUT2D eigenvalue weighted by atomic mass is 16.5. The van der Waals surface area contributed by atoms with E-state index in [9.17, 15) is 14.4 Å². The van der Waals surface area contributed by atoms with Crippen molar-refractivity contribution < 1.29 is 14.3 Å². The van der Waals surface area contributed by atoms with Crippen LogP contribution in [0.4, 0.5) is 0 Å². The molecule has 2 aromatic heterocycles. The number of aromatic nitrogens is 2. The Morgan fingerprint density at radius 1 is 0.921 bits per heavy atom. The van der Waals surface area contributed by atoms with Crippen LogP contribution in [0.5, 0.6) is 0 Å². The fraction of sp³-hybridized carbons (Fsp3) is 0.226. The molecule has 0 aliphatic heterocycles. The molecular formula is C31H31N3O4. The second-order valence-corrected chi connectivity index (χ2v) is 9.38. The summed E-state index contributed by atoms with van der Waals surface area (Å²) in [7, 11) is 1.31. The molecular weight excluding hydrogens is 478 g/mol. The van der Waals surface area contributed by atoms with Crippen molar-refractivity contribution in [2.75, 3.05) is 7.11 Å². The first-order chi connectivity index (χ1) is 18.3. The maximum atomic E-state index is 13.9. The molecule has 7 nitrogen and oxygen atoms in total. The van der Waals surface area contributed by atoms with Crippen molar-refractivity contribution >= 4 is 11.9 Å². The fourth-order valence-electron chi connectivity index (χ4n) is 4.70. The number of benzene rings is 2. The van der Waals surface area contributed by atoms with E-state index < -0.39 is 24.0 Å². The van der Waals surface area contributed by atoms with Gasteiger partial charge in [0.15, 0.2) is 0 Å². The first kappa shape index (κ1) is 26.5. The first-order valence-corrected chi connectivity index (χ1v) is 12.4. The van der Waals surface area contributed by atoms with Crippen molar-refractivity contribution in [2.24, 2.45) is 0 Å². The van der Waals surface area contributed by atoms with Crippen LogP contribution in [0.25, 0.3) is 11.1 Å². The molecule has 0 bridgehead atoms. The number of nitrogens with zero attached hydrogens (tertiary/aromatic N) is 2. The van der Waals surface area contributed by atoms with E-state index in [1.165, 1.54) is 17.7 Å². The molecule has 2 atom stereocenters. The molecule has 0 aliphatic carbocycles. The minimum atomic E-state index is -0.932. The number of carbonyl (C=O) groups excluding carboxylic acids is 2. The predicted molar refractivity (Wildman–Crippen MR) is 147 cm³/mol. The molecule has 1 amide bonds. The van der Waals surface area contributed by atoms with Crippen LogP contribution in [0.15, 0.2) is 90.1 Å². The largest absolute Gasteiger partial charge is 0.469 e. The Labute approximate surface area is 222 Å². The summed E-state index contributed by atoms with van der Waals surface area (Å²) in [6.45, 7) is 5.93. The normalized spacial score (nSPS) is 12.4. The lowest BCUT2D eigenvalue weighted by atomic mass is 9.94. The van der Waals surface area contributed by atoms with E-state index in [0.29, 0.717) is 11.1 Å². The van der Waals surface area contributed by atoms with Gasteiger partial charge in [-0.15, -0.1) is 0 Å². The minimum Gasteiger partial charge on any atom is -0.469 e. The number of pyridine rings is 2. The van der Waals surface area contributed by atoms with E-state index >= 15 is 0 Å². The Kier molecular flexibility index (Phi) is 8.16. The van der Waals surface area contributed by atoms with Gasteiger partial charge in [0.25, 0.3) is 5.56 Å². The molecule has 2 aromatic carbocycles. The Balaban J connectivity index is 1.76. The highest BCUT2D eigenvalue weighted by Crippen LogP contribution is 2.30. The summed E-state index contributed by atoms with van der Waals surface area (Å²) in [6.07, 6.45) is 4.98. The van der Waals surface area contributed by atoms with Crippen LogP contribution in [0.1, 0.15) is 46.3 Å². The van der Waals surface area contributed by atoms with Gasteiger partial charge in [-0.3, -0.25) is 23.9 Å². The van der Waals surface area contributed by atoms with Crippen LogP contribution in [0.3, 0.4) is 0 Å². The zero-order chi connectivity index (χ0) is 27.2. The third kappa shape index (κ3) is 5.89. The lowest BCUT2D eigenvalue weighted by Crippen LogP contribution is -2.40. The maximum absolute atomic E-state index is 13.9. The number of aryl methyl sites for hydroxylation is 3. The second-order valence-electron chi connectivity index (χ2n) is 9.38. The van der Waals surface area contributed by atoms with Crippen molar-refractivity contribution in [2.45, 2.75) is 39.3 Å². The van der Waals surface area contributed by atoms with Gasteiger partial charge in [0.1, 0.15) is 6.04 Å². The molecule has 2 unspecified atom stereocenters. The number of nitrogens with one attached hydrogen (secondary N) is 1. The summed E-state index contributed by atoms with van der Waals surface area (Å²) in [4.78, 5) is 43.5. The van der Waals surface area contributed by atoms with Gasteiger partial charge in [-0.2, -0.15) is 0 Å². The fourth-order valence-corrected chi connectivity index (χ4v) is 4.70. The average Bonchev–Trinajstić information content (AvgIpc) is 2.91. The highest BCUT2D eigenvalue weighted by Gasteiger charge is 2.28. The molecule has 4 aromatic rings. The summed E-state index contributed by atoms with van der Waals surface area (Å²) in [6, 6.07) is 18.6. The molecule has 4 rings (SSSR count). The molecule has 0 fully saturated rings. The third-order valence-electron chi connectivity index (χ3n) is 6.57. The van der Waals surface area contributed by atoms with Gasteiger partial charge >= 0.3 is 5.97 Å². The minimum absolute atomic E-state index is 0.0929. The van der Waals surface area contributed by atoms with Gasteiger partial charge < -0.3 is 10.1 Å². The maximum Gasteiger partial charge on any atom is 0.307 e. The van der Waals surface area contributed by atoms with Gasteiger partial charge in [0.2, 0.25) is 5.91 Å². The first-order valence-electron chi connectivity index (χ1n) is 12.4. The second kappa shape index (κ2) is 11.7. The molecule has 1 N–H and O–H groups in total. The predicted octanol–water partition coefficient (Wildman–Crippen LogP) is 4.85. The van der Waals surface area contributed by atoms with E-state index in [-0.39, 0.29) is 12.0 Å². The summed E-state index contributed by atoms with van der Waals surface area (Å²) < 4.78 is 6.35. The Bertz CT molecular complexity index is 1490. The quantitative estimate of drug-likeness (QED) is 0.343. The van der Waals surface area contributed by atoms with Gasteiger partial charge in [-0.1, -0.05) is 54.6 Å². The molecule has 194 valence electrons. The van der Waals surface area contributed by atoms with Crippen LogP contribution in [-0.4, -0.2) is 28.5 Å². The Hall–Kier alpha value is -4.52. The number of esters is 1. The number of hydrogen-bond acceptors (Lipinski definition) is 5. The number of carbonyl (C=O) groups is 2. The van der Waals surface area contributed by atoms with E-state index in [1.54, 1.807) is 36.8 Å². The summed E-state index contributed by atoms with van der Waals surface area (Å²) in [5.41, 5.74) is 5.98. The van der Waals surface area contributed by atoms with Crippen molar-refractivity contribution in [1.29, 1.82) is 0 Å². The van der Waals surface area contributed by atoms with E-state index in [0.717, 1.165) is 27.8 Å². The highest BCUT2D eigenvalue weighted by molar-refractivity contribution is 5.85. The summed E-state index contributed by atoms with van der Waals surface area (Å²) in [5, 5.41) is 3.01. The Morgan fingerprint density at radius 2 is 1.63 bits per heavy atom. The average molecular weight is 510 g/mol. The number of ether oxygens (including phenoxy) is 1. The van der Waals surface area contributed by atoms with Gasteiger partial charge in [0.05, 0.1) is 19.6 Å². The van der Waals surface area contributed by atoms with Crippen LogP contribution >= 0.6 is 0 Å². The van der Waals surface area contributed by atoms with E-state index in [4.69, 9.17) is 4.74 Å². The van der Waals surface area contributed by atoms with Crippen LogP contribution in [0, 0.1) is 20.8 Å². The molecule has 0 spiro atoms. The zero-order valence-corrected chi connectivity index (χ0v) is 22.0. The van der Waals surface area contributed by atoms with Gasteiger partial charge in [0, 0.05) is 30.2 Å². The molecule has 0 aliphatic rings. The standard InChI is InChI=1S/C31H31N3O4/c1-20-13-14-27(35)34(19-20)30(23-11-6-5-7-12-23)31(37)33-26(16-28(36)38-4)24-15-25(18-32-17-24)29-21(2)9-8-10-22(29)3/h5-15,17-19,26,30H,16H2,1-4H3,(H,33,37). The van der Waals surface area contributed by atoms with E-state index in [1.807, 2.05) is 63.2 Å².